The van der Waals surface area contributed by atoms with E-state index in [0.29, 0.717) is 24.4 Å². The van der Waals surface area contributed by atoms with Gasteiger partial charge in [0.15, 0.2) is 0 Å². The number of pyridine rings is 2. The third-order valence-electron chi connectivity index (χ3n) is 8.25. The maximum Gasteiger partial charge on any atom is 0.408 e. The number of hydrogen-bond acceptors (Lipinski definition) is 9. The summed E-state index contributed by atoms with van der Waals surface area (Å²) in [6.45, 7) is 9.88. The predicted molar refractivity (Wildman–Crippen MR) is 164 cm³/mol. The van der Waals surface area contributed by atoms with E-state index >= 15 is 0 Å². The van der Waals surface area contributed by atoms with Gasteiger partial charge in [-0.2, -0.15) is 0 Å². The first-order valence-corrected chi connectivity index (χ1v) is 15.1. The van der Waals surface area contributed by atoms with Crippen LogP contribution in [0, 0.1) is 5.92 Å². The quantitative estimate of drug-likeness (QED) is 0.222. The van der Waals surface area contributed by atoms with Crippen LogP contribution in [0.1, 0.15) is 71.1 Å². The number of hydrogen-bond donors (Lipinski definition) is 2. The summed E-state index contributed by atoms with van der Waals surface area (Å²) in [7, 11) is 0. The van der Waals surface area contributed by atoms with Crippen LogP contribution in [-0.4, -0.2) is 51.7 Å². The first-order valence-electron chi connectivity index (χ1n) is 15.1. The second kappa shape index (κ2) is 12.0. The molecule has 2 N–H and O–H groups in total. The van der Waals surface area contributed by atoms with Crippen LogP contribution in [0.15, 0.2) is 41.2 Å². The molecule has 45 heavy (non-hydrogen) atoms. The molecule has 3 atom stereocenters. The average molecular weight is 619 g/mol. The number of alkyl carbamates (subject to hydrolysis) is 1. The zero-order valence-electron chi connectivity index (χ0n) is 26.3. The van der Waals surface area contributed by atoms with Gasteiger partial charge in [0.1, 0.15) is 24.8 Å². The highest BCUT2D eigenvalue weighted by atomic mass is 16.6. The smallest absolute Gasteiger partial charge is 0.408 e. The minimum atomic E-state index is -1.91. The van der Waals surface area contributed by atoms with Gasteiger partial charge in [0.2, 0.25) is 11.5 Å². The van der Waals surface area contributed by atoms with Crippen molar-refractivity contribution in [2.24, 2.45) is 5.92 Å². The van der Waals surface area contributed by atoms with Gasteiger partial charge in [-0.15, -0.1) is 0 Å². The fourth-order valence-corrected chi connectivity index (χ4v) is 5.72. The number of benzene rings is 1. The zero-order valence-corrected chi connectivity index (χ0v) is 26.3. The van der Waals surface area contributed by atoms with E-state index in [1.54, 1.807) is 45.3 Å². The van der Waals surface area contributed by atoms with Crippen molar-refractivity contribution in [1.82, 2.24) is 20.2 Å². The Morgan fingerprint density at radius 3 is 2.56 bits per heavy atom. The van der Waals surface area contributed by atoms with E-state index in [1.165, 1.54) is 0 Å². The van der Waals surface area contributed by atoms with Crippen LogP contribution in [-0.2, 0) is 47.3 Å². The van der Waals surface area contributed by atoms with Gasteiger partial charge in [0.25, 0.3) is 5.56 Å². The highest BCUT2D eigenvalue weighted by molar-refractivity contribution is 5.91. The lowest BCUT2D eigenvalue weighted by Gasteiger charge is -2.35. The highest BCUT2D eigenvalue weighted by Gasteiger charge is 2.50. The Morgan fingerprint density at radius 2 is 1.87 bits per heavy atom. The van der Waals surface area contributed by atoms with Gasteiger partial charge < -0.3 is 29.4 Å². The molecule has 2 aromatic heterocycles. The summed E-state index contributed by atoms with van der Waals surface area (Å²) in [5, 5.41) is 6.02. The fraction of sp³-hybridized carbons (Fsp3) is 0.455. The van der Waals surface area contributed by atoms with E-state index in [2.05, 4.69) is 10.6 Å². The fourth-order valence-electron chi connectivity index (χ4n) is 5.72. The molecule has 2 amide bonds. The molecular weight excluding hydrogens is 580 g/mol. The van der Waals surface area contributed by atoms with Gasteiger partial charge in [-0.3, -0.25) is 14.4 Å². The Morgan fingerprint density at radius 1 is 1.13 bits per heavy atom. The molecule has 12 heteroatoms. The number of esters is 2. The molecule has 238 valence electrons. The molecule has 0 fully saturated rings. The SMILES string of the molecule is CCC(C)[C@H](NC(=O)OC(C)(C)C)C(=O)NCC(=O)O[C@]1(CC)C(=O)OCc2c1cc1n(c2=O)Cc2cc3ccccc3nc2-1. The summed E-state index contributed by atoms with van der Waals surface area (Å²) in [5.74, 6) is -2.62. The Kier molecular flexibility index (Phi) is 8.43. The molecule has 2 aliphatic heterocycles. The number of ether oxygens (including phenoxy) is 3. The third kappa shape index (κ3) is 6.01. The van der Waals surface area contributed by atoms with E-state index < -0.39 is 47.7 Å². The monoisotopic (exact) mass is 618 g/mol. The normalized spacial score (nSPS) is 18.1. The summed E-state index contributed by atoms with van der Waals surface area (Å²) in [6, 6.07) is 10.3. The number of amides is 2. The number of nitrogens with zero attached hydrogens (tertiary/aromatic N) is 2. The molecule has 0 radical (unpaired) electrons. The molecule has 0 aliphatic carbocycles. The second-order valence-corrected chi connectivity index (χ2v) is 12.5. The van der Waals surface area contributed by atoms with Gasteiger partial charge in [-0.05, 0) is 51.3 Å². The highest BCUT2D eigenvalue weighted by Crippen LogP contribution is 2.41. The Bertz CT molecular complexity index is 1760. The van der Waals surface area contributed by atoms with Crippen LogP contribution in [0.2, 0.25) is 0 Å². The summed E-state index contributed by atoms with van der Waals surface area (Å²) < 4.78 is 18.1. The number of rotatable bonds is 8. The zero-order chi connectivity index (χ0) is 32.7. The summed E-state index contributed by atoms with van der Waals surface area (Å²) >= 11 is 0. The van der Waals surface area contributed by atoms with Crippen molar-refractivity contribution in [2.75, 3.05) is 6.54 Å². The van der Waals surface area contributed by atoms with E-state index in [0.717, 1.165) is 16.5 Å². The standard InChI is InChI=1S/C33H38N4O8/c1-7-18(3)26(36-31(42)45-32(4,5)6)28(39)34-15-25(38)44-33(8-2)22-14-24-27-20(13-19-11-9-10-12-23(19)35-27)16-37(24)29(40)21(22)17-43-30(33)41/h9-14,18,26H,7-8,15-17H2,1-6H3,(H,34,39)(H,36,42)/t18?,26-,33-/m0/s1. The average Bonchev–Trinajstić information content (AvgIpc) is 3.35. The molecule has 4 heterocycles. The molecule has 0 saturated carbocycles. The van der Waals surface area contributed by atoms with Gasteiger partial charge in [0, 0.05) is 16.5 Å². The molecule has 0 saturated heterocycles. The Hall–Kier alpha value is -4.74. The lowest BCUT2D eigenvalue weighted by atomic mass is 9.85. The van der Waals surface area contributed by atoms with Crippen molar-refractivity contribution in [3.8, 4) is 11.4 Å². The van der Waals surface area contributed by atoms with Crippen molar-refractivity contribution in [2.45, 2.75) is 84.8 Å². The minimum Gasteiger partial charge on any atom is -0.457 e. The first-order chi connectivity index (χ1) is 21.3. The number of cyclic esters (lactones) is 1. The number of aromatic nitrogens is 2. The number of carbonyl (C=O) groups excluding carboxylic acids is 4. The Labute approximate surface area is 260 Å². The molecule has 0 spiro atoms. The van der Waals surface area contributed by atoms with Crippen molar-refractivity contribution in [3.63, 3.8) is 0 Å². The van der Waals surface area contributed by atoms with E-state index in [1.807, 2.05) is 37.3 Å². The summed E-state index contributed by atoms with van der Waals surface area (Å²) in [6.07, 6.45) is -0.220. The predicted octanol–water partition coefficient (Wildman–Crippen LogP) is 3.69. The molecule has 5 rings (SSSR count). The van der Waals surface area contributed by atoms with Crippen LogP contribution < -0.4 is 16.2 Å². The summed E-state index contributed by atoms with van der Waals surface area (Å²) in [4.78, 5) is 70.5. The third-order valence-corrected chi connectivity index (χ3v) is 8.25. The van der Waals surface area contributed by atoms with Gasteiger partial charge in [-0.1, -0.05) is 45.4 Å². The van der Waals surface area contributed by atoms with Crippen LogP contribution in [0.25, 0.3) is 22.3 Å². The van der Waals surface area contributed by atoms with Gasteiger partial charge in [0.05, 0.1) is 29.0 Å². The second-order valence-electron chi connectivity index (χ2n) is 12.5. The van der Waals surface area contributed by atoms with Crippen molar-refractivity contribution in [3.05, 3.63) is 63.4 Å². The van der Waals surface area contributed by atoms with Crippen LogP contribution in [0.5, 0.6) is 0 Å². The molecule has 12 nitrogen and oxygen atoms in total. The largest absolute Gasteiger partial charge is 0.457 e. The number of nitrogens with one attached hydrogen (secondary N) is 2. The molecule has 2 aliphatic rings. The van der Waals surface area contributed by atoms with Crippen LogP contribution >= 0.6 is 0 Å². The minimum absolute atomic E-state index is 0.0187. The van der Waals surface area contributed by atoms with Gasteiger partial charge >= 0.3 is 18.0 Å². The molecule has 0 bridgehead atoms. The van der Waals surface area contributed by atoms with Crippen LogP contribution in [0.4, 0.5) is 4.79 Å². The maximum absolute atomic E-state index is 13.7. The number of carbonyl (C=O) groups is 4. The molecule has 1 aromatic carbocycles. The molecule has 3 aromatic rings. The number of para-hydroxylation sites is 1. The van der Waals surface area contributed by atoms with Crippen molar-refractivity contribution >= 4 is 34.8 Å². The first kappa shape index (κ1) is 31.7. The number of fused-ring (bicyclic) bond motifs is 5. The van der Waals surface area contributed by atoms with E-state index in [4.69, 9.17) is 19.2 Å². The Balaban J connectivity index is 1.40. The topological polar surface area (TPSA) is 155 Å². The van der Waals surface area contributed by atoms with Crippen molar-refractivity contribution in [1.29, 1.82) is 0 Å². The van der Waals surface area contributed by atoms with E-state index in [-0.39, 0.29) is 35.6 Å². The lowest BCUT2D eigenvalue weighted by molar-refractivity contribution is -0.189. The molecular formula is C33H38N4O8. The van der Waals surface area contributed by atoms with Crippen LogP contribution in [0.3, 0.4) is 0 Å². The molecule has 1 unspecified atom stereocenters. The van der Waals surface area contributed by atoms with Crippen molar-refractivity contribution < 1.29 is 33.4 Å². The maximum atomic E-state index is 13.7. The van der Waals surface area contributed by atoms with E-state index in [9.17, 15) is 24.0 Å². The van der Waals surface area contributed by atoms with Gasteiger partial charge in [-0.25, -0.2) is 14.6 Å². The summed E-state index contributed by atoms with van der Waals surface area (Å²) in [5.41, 5.74) is 0.173. The lowest BCUT2D eigenvalue weighted by Crippen LogP contribution is -2.53.